The van der Waals surface area contributed by atoms with Crippen molar-refractivity contribution in [1.82, 2.24) is 24.8 Å². The summed E-state index contributed by atoms with van der Waals surface area (Å²) in [5, 5.41) is 14.4. The van der Waals surface area contributed by atoms with Gasteiger partial charge in [0.05, 0.1) is 11.9 Å². The Balaban J connectivity index is 1.61. The number of hydrogen-bond donors (Lipinski definition) is 1. The number of halogens is 2. The van der Waals surface area contributed by atoms with E-state index in [1.165, 1.54) is 53.3 Å². The van der Waals surface area contributed by atoms with Crippen LogP contribution < -0.4 is 10.9 Å². The second-order valence-electron chi connectivity index (χ2n) is 5.88. The van der Waals surface area contributed by atoms with Gasteiger partial charge < -0.3 is 5.32 Å². The third kappa shape index (κ3) is 3.34. The van der Waals surface area contributed by atoms with Crippen molar-refractivity contribution >= 4 is 22.6 Å². The van der Waals surface area contributed by atoms with Gasteiger partial charge >= 0.3 is 0 Å². The second kappa shape index (κ2) is 6.99. The molecule has 0 aliphatic rings. The summed E-state index contributed by atoms with van der Waals surface area (Å²) in [5.41, 5.74) is 0.383. The maximum atomic E-state index is 13.2. The fourth-order valence-electron chi connectivity index (χ4n) is 2.64. The van der Waals surface area contributed by atoms with E-state index < -0.39 is 29.6 Å². The lowest BCUT2D eigenvalue weighted by atomic mass is 10.3. The summed E-state index contributed by atoms with van der Waals surface area (Å²) in [6.45, 7) is -0.403. The zero-order valence-corrected chi connectivity index (χ0v) is 14.2. The van der Waals surface area contributed by atoms with Crippen LogP contribution >= 0.6 is 0 Å². The predicted molar refractivity (Wildman–Crippen MR) is 95.9 cm³/mol. The van der Waals surface area contributed by atoms with Gasteiger partial charge in [0.1, 0.15) is 23.6 Å². The number of hydrogen-bond acceptors (Lipinski definition) is 5. The van der Waals surface area contributed by atoms with Gasteiger partial charge in [-0.05, 0) is 42.5 Å². The number of anilines is 1. The number of nitrogens with one attached hydrogen (secondary N) is 1. The van der Waals surface area contributed by atoms with Gasteiger partial charge in [-0.1, -0.05) is 11.3 Å². The van der Waals surface area contributed by atoms with Crippen LogP contribution in [0.5, 0.6) is 0 Å². The molecule has 2 aromatic carbocycles. The topological polar surface area (TPSA) is 94.7 Å². The molecule has 0 spiro atoms. The van der Waals surface area contributed by atoms with Crippen LogP contribution in [0.4, 0.5) is 14.5 Å². The van der Waals surface area contributed by atoms with Crippen molar-refractivity contribution in [1.29, 1.82) is 0 Å². The number of rotatable bonds is 4. The van der Waals surface area contributed by atoms with Crippen LogP contribution in [-0.2, 0) is 11.3 Å². The van der Waals surface area contributed by atoms with Gasteiger partial charge in [-0.2, -0.15) is 5.10 Å². The van der Waals surface area contributed by atoms with Gasteiger partial charge in [0.25, 0.3) is 5.56 Å². The molecule has 0 saturated heterocycles. The van der Waals surface area contributed by atoms with Crippen LogP contribution in [0.1, 0.15) is 0 Å². The first-order valence-corrected chi connectivity index (χ1v) is 8.14. The number of carbonyl (C=O) groups excluding carboxylic acids is 1. The van der Waals surface area contributed by atoms with E-state index >= 15 is 0 Å². The van der Waals surface area contributed by atoms with Gasteiger partial charge in [0.15, 0.2) is 5.65 Å². The Kier molecular flexibility index (Phi) is 4.36. The largest absolute Gasteiger partial charge is 0.324 e. The molecule has 0 unspecified atom stereocenters. The lowest BCUT2D eigenvalue weighted by Crippen LogP contribution is -2.30. The van der Waals surface area contributed by atoms with E-state index in [4.69, 9.17) is 0 Å². The summed E-state index contributed by atoms with van der Waals surface area (Å²) in [7, 11) is 0. The van der Waals surface area contributed by atoms with Gasteiger partial charge in [0.2, 0.25) is 5.91 Å². The third-order valence-electron chi connectivity index (χ3n) is 3.93. The fraction of sp³-hybridized carbons (Fsp3) is 0.0556. The molecule has 0 fully saturated rings. The van der Waals surface area contributed by atoms with E-state index in [0.717, 1.165) is 10.7 Å². The monoisotopic (exact) mass is 382 g/mol. The van der Waals surface area contributed by atoms with Crippen molar-refractivity contribution in [2.24, 2.45) is 0 Å². The molecule has 10 heteroatoms. The van der Waals surface area contributed by atoms with Crippen LogP contribution in [0.15, 0.2) is 59.5 Å². The number of nitrogens with zero attached hydrogens (tertiary/aromatic N) is 5. The number of benzene rings is 2. The zero-order valence-electron chi connectivity index (χ0n) is 14.2. The molecule has 0 saturated carbocycles. The van der Waals surface area contributed by atoms with E-state index in [0.29, 0.717) is 5.69 Å². The molecule has 1 N–H and O–H groups in total. The average molecular weight is 382 g/mol. The molecular formula is C18H12F2N6O2. The Morgan fingerprint density at radius 2 is 1.86 bits per heavy atom. The van der Waals surface area contributed by atoms with E-state index in [1.54, 1.807) is 0 Å². The Bertz CT molecular complexity index is 1230. The Morgan fingerprint density at radius 3 is 2.61 bits per heavy atom. The Morgan fingerprint density at radius 1 is 1.07 bits per heavy atom. The quantitative estimate of drug-likeness (QED) is 0.582. The molecule has 0 radical (unpaired) electrons. The van der Waals surface area contributed by atoms with Crippen molar-refractivity contribution in [3.63, 3.8) is 0 Å². The highest BCUT2D eigenvalue weighted by Gasteiger charge is 2.15. The maximum absolute atomic E-state index is 13.2. The minimum Gasteiger partial charge on any atom is -0.324 e. The molecule has 28 heavy (non-hydrogen) atoms. The van der Waals surface area contributed by atoms with E-state index in [9.17, 15) is 18.4 Å². The van der Waals surface area contributed by atoms with Crippen molar-refractivity contribution in [3.8, 4) is 5.69 Å². The van der Waals surface area contributed by atoms with Crippen LogP contribution in [0.3, 0.4) is 0 Å². The fourth-order valence-corrected chi connectivity index (χ4v) is 2.64. The summed E-state index contributed by atoms with van der Waals surface area (Å²) >= 11 is 0. The molecule has 2 heterocycles. The lowest BCUT2D eigenvalue weighted by Gasteiger charge is -2.06. The van der Waals surface area contributed by atoms with Crippen LogP contribution in [0.25, 0.3) is 16.7 Å². The van der Waals surface area contributed by atoms with Gasteiger partial charge in [-0.25, -0.2) is 18.1 Å². The van der Waals surface area contributed by atoms with Gasteiger partial charge in [-0.15, -0.1) is 5.10 Å². The lowest BCUT2D eigenvalue weighted by molar-refractivity contribution is -0.117. The van der Waals surface area contributed by atoms with E-state index in [-0.39, 0.29) is 16.7 Å². The van der Waals surface area contributed by atoms with Crippen molar-refractivity contribution in [2.45, 2.75) is 6.54 Å². The molecular weight excluding hydrogens is 370 g/mol. The average Bonchev–Trinajstić information content (AvgIpc) is 3.09. The van der Waals surface area contributed by atoms with Gasteiger partial charge in [0, 0.05) is 5.69 Å². The molecule has 2 aromatic heterocycles. The summed E-state index contributed by atoms with van der Waals surface area (Å²) in [4.78, 5) is 24.7. The second-order valence-corrected chi connectivity index (χ2v) is 5.88. The van der Waals surface area contributed by atoms with E-state index in [2.05, 4.69) is 20.7 Å². The smallest absolute Gasteiger partial charge is 0.281 e. The van der Waals surface area contributed by atoms with Crippen LogP contribution in [-0.4, -0.2) is 30.7 Å². The minimum atomic E-state index is -0.563. The van der Waals surface area contributed by atoms with Crippen molar-refractivity contribution < 1.29 is 13.6 Å². The number of aromatic nitrogens is 5. The Hall–Kier alpha value is -3.95. The highest BCUT2D eigenvalue weighted by Crippen LogP contribution is 2.14. The number of carbonyl (C=O) groups is 1. The Labute approximate surface area is 156 Å². The first kappa shape index (κ1) is 17.5. The highest BCUT2D eigenvalue weighted by molar-refractivity contribution is 5.90. The molecule has 4 aromatic rings. The molecule has 4 rings (SSSR count). The number of fused-ring (bicyclic) bond motifs is 1. The molecule has 0 aliphatic heterocycles. The zero-order chi connectivity index (χ0) is 19.7. The molecule has 0 bridgehead atoms. The summed E-state index contributed by atoms with van der Waals surface area (Å²) < 4.78 is 28.5. The molecule has 0 atom stereocenters. The molecule has 140 valence electrons. The normalized spacial score (nSPS) is 10.9. The first-order chi connectivity index (χ1) is 13.5. The van der Waals surface area contributed by atoms with Crippen molar-refractivity contribution in [3.05, 3.63) is 76.7 Å². The van der Waals surface area contributed by atoms with E-state index in [1.807, 2.05) is 0 Å². The standard InChI is InChI=1S/C18H12F2N6O2/c19-11-4-6-14(7-5-11)26-17-15(9-21-26)18(28)25(24-23-17)10-16(27)22-13-3-1-2-12(20)8-13/h1-9H,10H2,(H,22,27). The maximum Gasteiger partial charge on any atom is 0.281 e. The summed E-state index contributed by atoms with van der Waals surface area (Å²) in [6.07, 6.45) is 1.30. The summed E-state index contributed by atoms with van der Waals surface area (Å²) in [6, 6.07) is 10.9. The highest BCUT2D eigenvalue weighted by atomic mass is 19.1. The summed E-state index contributed by atoms with van der Waals surface area (Å²) in [5.74, 6) is -1.46. The molecule has 1 amide bonds. The van der Waals surface area contributed by atoms with Crippen molar-refractivity contribution in [2.75, 3.05) is 5.32 Å². The SMILES string of the molecule is O=C(Cn1nnc2c(cnn2-c2ccc(F)cc2)c1=O)Nc1cccc(F)c1. The predicted octanol–water partition coefficient (Wildman–Crippen LogP) is 1.89. The molecule has 0 aliphatic carbocycles. The van der Waals surface area contributed by atoms with Crippen LogP contribution in [0, 0.1) is 11.6 Å². The van der Waals surface area contributed by atoms with Crippen LogP contribution in [0.2, 0.25) is 0 Å². The first-order valence-electron chi connectivity index (χ1n) is 8.14. The van der Waals surface area contributed by atoms with Gasteiger partial charge in [-0.3, -0.25) is 9.59 Å². The molecule has 8 nitrogen and oxygen atoms in total. The third-order valence-corrected chi connectivity index (χ3v) is 3.93. The number of amides is 1. The minimum absolute atomic E-state index is 0.151.